The zero-order valence-corrected chi connectivity index (χ0v) is 9.45. The molecule has 2 aromatic heterocycles. The summed E-state index contributed by atoms with van der Waals surface area (Å²) in [6.07, 6.45) is 1.86. The molecular formula is C10H12N4S. The number of anilines is 1. The van der Waals surface area contributed by atoms with E-state index in [9.17, 15) is 0 Å². The molecule has 0 bridgehead atoms. The lowest BCUT2D eigenvalue weighted by molar-refractivity contribution is 0.858. The molecule has 0 saturated carbocycles. The van der Waals surface area contributed by atoms with Gasteiger partial charge in [0, 0.05) is 17.7 Å². The molecule has 2 aromatic rings. The third kappa shape index (κ3) is 2.12. The minimum Gasteiger partial charge on any atom is -0.374 e. The Hall–Kier alpha value is -1.49. The Morgan fingerprint density at radius 3 is 2.60 bits per heavy atom. The number of nitrogens with zero attached hydrogens (tertiary/aromatic N) is 3. The van der Waals surface area contributed by atoms with Gasteiger partial charge in [-0.15, -0.1) is 0 Å². The van der Waals surface area contributed by atoms with E-state index in [1.165, 1.54) is 17.1 Å². The van der Waals surface area contributed by atoms with Crippen molar-refractivity contribution in [2.45, 2.75) is 19.8 Å². The average molecular weight is 220 g/mol. The van der Waals surface area contributed by atoms with Crippen LogP contribution in [0, 0.1) is 0 Å². The monoisotopic (exact) mass is 220 g/mol. The number of pyridine rings is 1. The lowest BCUT2D eigenvalue weighted by Gasteiger charge is -2.03. The van der Waals surface area contributed by atoms with Crippen molar-refractivity contribution in [3.8, 4) is 11.5 Å². The van der Waals surface area contributed by atoms with Crippen molar-refractivity contribution in [1.29, 1.82) is 0 Å². The molecule has 0 saturated heterocycles. The summed E-state index contributed by atoms with van der Waals surface area (Å²) in [5, 5.41) is 0.472. The number of hydrogen-bond acceptors (Lipinski definition) is 5. The zero-order valence-electron chi connectivity index (χ0n) is 8.64. The van der Waals surface area contributed by atoms with Crippen LogP contribution in [0.5, 0.6) is 0 Å². The van der Waals surface area contributed by atoms with Crippen LogP contribution in [0.15, 0.2) is 18.3 Å². The molecule has 0 radical (unpaired) electrons. The van der Waals surface area contributed by atoms with Gasteiger partial charge in [0.1, 0.15) is 5.69 Å². The number of nitrogen functional groups attached to an aromatic ring is 1. The van der Waals surface area contributed by atoms with Crippen molar-refractivity contribution in [2.24, 2.45) is 0 Å². The Bertz CT molecular complexity index is 447. The molecule has 5 heteroatoms. The van der Waals surface area contributed by atoms with E-state index in [1.807, 2.05) is 18.3 Å². The van der Waals surface area contributed by atoms with Crippen LogP contribution in [0.3, 0.4) is 0 Å². The topological polar surface area (TPSA) is 64.7 Å². The molecule has 0 aliphatic rings. The van der Waals surface area contributed by atoms with E-state index >= 15 is 0 Å². The standard InChI is InChI=1S/C10H12N4S/c1-6(2)7-3-4-8(12-5-7)9-13-10(11)15-14-9/h3-6H,1-2H3,(H2,11,13,14). The highest BCUT2D eigenvalue weighted by Crippen LogP contribution is 2.19. The highest BCUT2D eigenvalue weighted by Gasteiger charge is 2.06. The van der Waals surface area contributed by atoms with E-state index in [1.54, 1.807) is 0 Å². The molecule has 78 valence electrons. The van der Waals surface area contributed by atoms with E-state index in [0.717, 1.165) is 5.69 Å². The minimum absolute atomic E-state index is 0.472. The molecular weight excluding hydrogens is 208 g/mol. The maximum atomic E-state index is 5.51. The fourth-order valence-corrected chi connectivity index (χ4v) is 1.66. The summed E-state index contributed by atoms with van der Waals surface area (Å²) >= 11 is 1.19. The van der Waals surface area contributed by atoms with Crippen molar-refractivity contribution >= 4 is 16.7 Å². The number of hydrogen-bond donors (Lipinski definition) is 1. The summed E-state index contributed by atoms with van der Waals surface area (Å²) in [5.74, 6) is 1.09. The first-order chi connectivity index (χ1) is 7.16. The molecule has 0 fully saturated rings. The second-order valence-electron chi connectivity index (χ2n) is 3.59. The van der Waals surface area contributed by atoms with Gasteiger partial charge in [-0.1, -0.05) is 19.9 Å². The lowest BCUT2D eigenvalue weighted by atomic mass is 10.1. The zero-order chi connectivity index (χ0) is 10.8. The largest absolute Gasteiger partial charge is 0.374 e. The Morgan fingerprint density at radius 2 is 2.13 bits per heavy atom. The Balaban J connectivity index is 2.31. The maximum absolute atomic E-state index is 5.51. The highest BCUT2D eigenvalue weighted by atomic mass is 32.1. The Morgan fingerprint density at radius 1 is 1.33 bits per heavy atom. The second kappa shape index (κ2) is 3.94. The number of nitrogens with two attached hydrogens (primary N) is 1. The Kier molecular flexibility index (Phi) is 2.64. The smallest absolute Gasteiger partial charge is 0.200 e. The molecule has 0 atom stereocenters. The highest BCUT2D eigenvalue weighted by molar-refractivity contribution is 7.09. The summed E-state index contributed by atoms with van der Waals surface area (Å²) in [4.78, 5) is 8.39. The third-order valence-electron chi connectivity index (χ3n) is 2.12. The molecule has 15 heavy (non-hydrogen) atoms. The van der Waals surface area contributed by atoms with Gasteiger partial charge < -0.3 is 5.73 Å². The summed E-state index contributed by atoms with van der Waals surface area (Å²) in [6, 6.07) is 3.97. The number of rotatable bonds is 2. The quantitative estimate of drug-likeness (QED) is 0.843. The molecule has 4 nitrogen and oxygen atoms in total. The van der Waals surface area contributed by atoms with Gasteiger partial charge in [-0.3, -0.25) is 4.98 Å². The van der Waals surface area contributed by atoms with Crippen LogP contribution in [0.4, 0.5) is 5.13 Å². The summed E-state index contributed by atoms with van der Waals surface area (Å²) in [7, 11) is 0. The van der Waals surface area contributed by atoms with Gasteiger partial charge in [-0.2, -0.15) is 9.36 Å². The predicted octanol–water partition coefficient (Wildman–Crippen LogP) is 2.31. The third-order valence-corrected chi connectivity index (χ3v) is 2.67. The molecule has 0 aromatic carbocycles. The minimum atomic E-state index is 0.472. The second-order valence-corrected chi connectivity index (χ2v) is 4.37. The van der Waals surface area contributed by atoms with E-state index in [0.29, 0.717) is 16.9 Å². The first kappa shape index (κ1) is 10.0. The van der Waals surface area contributed by atoms with Gasteiger partial charge in [0.2, 0.25) is 0 Å². The molecule has 0 amide bonds. The van der Waals surface area contributed by atoms with Crippen LogP contribution in [0.2, 0.25) is 0 Å². The van der Waals surface area contributed by atoms with Gasteiger partial charge in [-0.05, 0) is 17.5 Å². The lowest BCUT2D eigenvalue weighted by Crippen LogP contribution is -1.91. The van der Waals surface area contributed by atoms with Crippen molar-refractivity contribution in [3.05, 3.63) is 23.9 Å². The van der Waals surface area contributed by atoms with Crippen molar-refractivity contribution in [2.75, 3.05) is 5.73 Å². The van der Waals surface area contributed by atoms with Gasteiger partial charge in [0.25, 0.3) is 0 Å². The van der Waals surface area contributed by atoms with Crippen LogP contribution < -0.4 is 5.73 Å². The van der Waals surface area contributed by atoms with Crippen LogP contribution in [-0.2, 0) is 0 Å². The molecule has 0 spiro atoms. The van der Waals surface area contributed by atoms with Crippen LogP contribution in [0.1, 0.15) is 25.3 Å². The van der Waals surface area contributed by atoms with Crippen LogP contribution in [0.25, 0.3) is 11.5 Å². The summed E-state index contributed by atoms with van der Waals surface area (Å²) in [6.45, 7) is 4.27. The summed E-state index contributed by atoms with van der Waals surface area (Å²) < 4.78 is 4.10. The van der Waals surface area contributed by atoms with Crippen molar-refractivity contribution < 1.29 is 0 Å². The molecule has 2 N–H and O–H groups in total. The van der Waals surface area contributed by atoms with Crippen molar-refractivity contribution in [1.82, 2.24) is 14.3 Å². The number of aromatic nitrogens is 3. The molecule has 2 heterocycles. The van der Waals surface area contributed by atoms with E-state index in [-0.39, 0.29) is 0 Å². The maximum Gasteiger partial charge on any atom is 0.200 e. The Labute approximate surface area is 92.4 Å². The van der Waals surface area contributed by atoms with E-state index in [2.05, 4.69) is 28.2 Å². The molecule has 0 aliphatic heterocycles. The van der Waals surface area contributed by atoms with Crippen LogP contribution in [-0.4, -0.2) is 14.3 Å². The van der Waals surface area contributed by atoms with Crippen molar-refractivity contribution in [3.63, 3.8) is 0 Å². The SMILES string of the molecule is CC(C)c1ccc(-c2nsc(N)n2)nc1. The van der Waals surface area contributed by atoms with E-state index < -0.39 is 0 Å². The van der Waals surface area contributed by atoms with Gasteiger partial charge in [-0.25, -0.2) is 0 Å². The van der Waals surface area contributed by atoms with Gasteiger partial charge >= 0.3 is 0 Å². The van der Waals surface area contributed by atoms with E-state index in [4.69, 9.17) is 5.73 Å². The average Bonchev–Trinajstić information content (AvgIpc) is 2.65. The molecule has 0 unspecified atom stereocenters. The van der Waals surface area contributed by atoms with Gasteiger partial charge in [0.05, 0.1) is 0 Å². The molecule has 0 aliphatic carbocycles. The first-order valence-corrected chi connectivity index (χ1v) is 5.49. The van der Waals surface area contributed by atoms with Gasteiger partial charge in [0.15, 0.2) is 11.0 Å². The fourth-order valence-electron chi connectivity index (χ4n) is 1.22. The predicted molar refractivity (Wildman–Crippen MR) is 61.6 cm³/mol. The normalized spacial score (nSPS) is 10.9. The summed E-state index contributed by atoms with van der Waals surface area (Å²) in [5.41, 5.74) is 7.49. The molecule has 2 rings (SSSR count). The van der Waals surface area contributed by atoms with Crippen LogP contribution >= 0.6 is 11.5 Å². The fraction of sp³-hybridized carbons (Fsp3) is 0.300. The first-order valence-electron chi connectivity index (χ1n) is 4.72.